The lowest BCUT2D eigenvalue weighted by atomic mass is 9.82. The first-order valence-electron chi connectivity index (χ1n) is 9.12. The number of nitrogens with two attached hydrogens (primary N) is 1. The lowest BCUT2D eigenvalue weighted by molar-refractivity contribution is -0.0304. The number of ether oxygens (including phenoxy) is 3. The Bertz CT molecular complexity index is 664. The molecule has 5 atom stereocenters. The van der Waals surface area contributed by atoms with Crippen LogP contribution < -0.4 is 5.73 Å². The van der Waals surface area contributed by atoms with Crippen LogP contribution in [0, 0.1) is 5.92 Å². The highest BCUT2D eigenvalue weighted by Gasteiger charge is 2.46. The van der Waals surface area contributed by atoms with E-state index in [2.05, 4.69) is 4.52 Å². The fraction of sp³-hybridized carbons (Fsp3) is 0.588. The van der Waals surface area contributed by atoms with Gasteiger partial charge in [0.2, 0.25) is 0 Å². The van der Waals surface area contributed by atoms with Crippen molar-refractivity contribution < 1.29 is 37.5 Å². The van der Waals surface area contributed by atoms with Crippen LogP contribution in [0.4, 0.5) is 4.79 Å². The van der Waals surface area contributed by atoms with Crippen molar-refractivity contribution in [2.75, 3.05) is 20.3 Å². The normalized spacial score (nSPS) is 26.5. The van der Waals surface area contributed by atoms with Crippen LogP contribution in [0.25, 0.3) is 0 Å². The summed E-state index contributed by atoms with van der Waals surface area (Å²) in [5.74, 6) is -0.187. The van der Waals surface area contributed by atoms with E-state index in [1.54, 1.807) is 0 Å². The fourth-order valence-electron chi connectivity index (χ4n) is 3.13. The molecular weight excluding hydrogens is 388 g/mol. The summed E-state index contributed by atoms with van der Waals surface area (Å²) in [7, 11) is -1.32. The average Bonchev–Trinajstić information content (AvgIpc) is 2.97. The van der Waals surface area contributed by atoms with Crippen molar-refractivity contribution in [3.8, 4) is 0 Å². The van der Waals surface area contributed by atoms with E-state index in [4.69, 9.17) is 24.5 Å². The molecule has 2 rings (SSSR count). The lowest BCUT2D eigenvalue weighted by Gasteiger charge is -2.25. The molecule has 0 spiro atoms. The van der Waals surface area contributed by atoms with E-state index in [-0.39, 0.29) is 25.1 Å². The second kappa shape index (κ2) is 10.9. The smallest absolute Gasteiger partial charge is 0.431 e. The minimum absolute atomic E-state index is 0.0795. The quantitative estimate of drug-likeness (QED) is 0.329. The van der Waals surface area contributed by atoms with Crippen LogP contribution in [0.15, 0.2) is 30.3 Å². The molecular formula is C17H27BNO8P. The molecule has 9 nitrogen and oxygen atoms in total. The molecule has 0 bridgehead atoms. The Balaban J connectivity index is 1.92. The van der Waals surface area contributed by atoms with Crippen LogP contribution >= 0.6 is 7.82 Å². The summed E-state index contributed by atoms with van der Waals surface area (Å²) in [5, 5.41) is 0. The van der Waals surface area contributed by atoms with Crippen LogP contribution in [0.3, 0.4) is 0 Å². The van der Waals surface area contributed by atoms with E-state index in [0.717, 1.165) is 12.7 Å². The zero-order chi connectivity index (χ0) is 20.6. The van der Waals surface area contributed by atoms with Crippen molar-refractivity contribution in [3.05, 3.63) is 35.9 Å². The number of benzene rings is 1. The van der Waals surface area contributed by atoms with Gasteiger partial charge in [0.25, 0.3) is 0 Å². The molecule has 1 aromatic rings. The van der Waals surface area contributed by atoms with Crippen LogP contribution in [-0.2, 0) is 34.4 Å². The molecule has 1 aromatic carbocycles. The highest BCUT2D eigenvalue weighted by Crippen LogP contribution is 2.48. The third kappa shape index (κ3) is 6.88. The fourth-order valence-corrected chi connectivity index (χ4v) is 3.82. The molecule has 1 saturated heterocycles. The molecule has 0 aromatic heterocycles. The number of phosphoric ester groups is 1. The summed E-state index contributed by atoms with van der Waals surface area (Å²) < 4.78 is 37.7. The molecule has 2 unspecified atom stereocenters. The van der Waals surface area contributed by atoms with Gasteiger partial charge in [-0.15, -0.1) is 0 Å². The van der Waals surface area contributed by atoms with Gasteiger partial charge < -0.3 is 24.8 Å². The number of hydrogen-bond acceptors (Lipinski definition) is 8. The first-order chi connectivity index (χ1) is 13.4. The van der Waals surface area contributed by atoms with Gasteiger partial charge in [0, 0.05) is 19.0 Å². The van der Waals surface area contributed by atoms with E-state index >= 15 is 0 Å². The molecule has 0 radical (unpaired) electrons. The van der Waals surface area contributed by atoms with Crippen LogP contribution in [0.5, 0.6) is 0 Å². The van der Waals surface area contributed by atoms with Gasteiger partial charge in [0.1, 0.15) is 33.3 Å². The molecule has 0 saturated carbocycles. The van der Waals surface area contributed by atoms with Gasteiger partial charge in [-0.2, -0.15) is 0 Å². The highest BCUT2D eigenvalue weighted by atomic mass is 31.2. The summed E-state index contributed by atoms with van der Waals surface area (Å²) in [6, 6.07) is 8.92. The SMILES string of the molecule is B[C@@H]1O[C@H](COC(=O)OCc2ccccc2)C(OP(=O)(O)OC)[C@@H]1CCCN. The van der Waals surface area contributed by atoms with E-state index in [0.29, 0.717) is 19.4 Å². The monoisotopic (exact) mass is 415 g/mol. The third-order valence-electron chi connectivity index (χ3n) is 4.57. The number of hydrogen-bond donors (Lipinski definition) is 2. The Morgan fingerprint density at radius 2 is 2.04 bits per heavy atom. The third-order valence-corrected chi connectivity index (χ3v) is 5.54. The first-order valence-corrected chi connectivity index (χ1v) is 10.6. The summed E-state index contributed by atoms with van der Waals surface area (Å²) in [6.45, 7) is 0.381. The molecule has 1 aliphatic heterocycles. The summed E-state index contributed by atoms with van der Waals surface area (Å²) in [6.07, 6.45) is -1.02. The molecule has 156 valence electrons. The van der Waals surface area contributed by atoms with Gasteiger partial charge in [-0.25, -0.2) is 9.36 Å². The van der Waals surface area contributed by atoms with Crippen molar-refractivity contribution >= 4 is 21.8 Å². The predicted octanol–water partition coefficient (Wildman–Crippen LogP) is 1.18. The van der Waals surface area contributed by atoms with Gasteiger partial charge in [-0.3, -0.25) is 9.05 Å². The van der Waals surface area contributed by atoms with Crippen LogP contribution in [0.1, 0.15) is 18.4 Å². The van der Waals surface area contributed by atoms with Gasteiger partial charge in [-0.1, -0.05) is 30.3 Å². The zero-order valence-electron chi connectivity index (χ0n) is 16.1. The Morgan fingerprint density at radius 3 is 2.68 bits per heavy atom. The Hall–Kier alpha value is -1.42. The zero-order valence-corrected chi connectivity index (χ0v) is 17.0. The van der Waals surface area contributed by atoms with E-state index in [1.165, 1.54) is 0 Å². The molecule has 1 fully saturated rings. The molecule has 1 aliphatic rings. The standard InChI is InChI=1S/C17H27BNO8P/c1-23-28(21,22)27-15-13(8-5-9-19)16(18)26-14(15)11-25-17(20)24-10-12-6-3-2-4-7-12/h2-4,6-7,13-16H,5,8-11,18-19H2,1H3,(H,21,22)/t13-,14+,15?,16+/m0/s1. The predicted molar refractivity (Wildman–Crippen MR) is 103 cm³/mol. The maximum Gasteiger partial charge on any atom is 0.508 e. The largest absolute Gasteiger partial charge is 0.508 e. The summed E-state index contributed by atoms with van der Waals surface area (Å²) >= 11 is 0. The topological polar surface area (TPSA) is 127 Å². The molecule has 28 heavy (non-hydrogen) atoms. The molecule has 0 amide bonds. The molecule has 0 aliphatic carbocycles. The molecule has 11 heteroatoms. The molecule has 1 heterocycles. The van der Waals surface area contributed by atoms with E-state index in [1.807, 2.05) is 38.2 Å². The minimum atomic E-state index is -4.24. The number of carbonyl (C=O) groups excluding carboxylic acids is 1. The average molecular weight is 415 g/mol. The highest BCUT2D eigenvalue weighted by molar-refractivity contribution is 7.47. The number of rotatable bonds is 10. The second-order valence-corrected chi connectivity index (χ2v) is 8.04. The lowest BCUT2D eigenvalue weighted by Crippen LogP contribution is -2.34. The van der Waals surface area contributed by atoms with Crippen molar-refractivity contribution in [3.63, 3.8) is 0 Å². The maximum atomic E-state index is 11.9. The van der Waals surface area contributed by atoms with Gasteiger partial charge in [0.05, 0.1) is 0 Å². The Morgan fingerprint density at radius 1 is 1.32 bits per heavy atom. The summed E-state index contributed by atoms with van der Waals surface area (Å²) in [4.78, 5) is 21.6. The van der Waals surface area contributed by atoms with E-state index in [9.17, 15) is 14.3 Å². The number of carbonyl (C=O) groups is 1. The van der Waals surface area contributed by atoms with Crippen molar-refractivity contribution in [1.29, 1.82) is 0 Å². The summed E-state index contributed by atoms with van der Waals surface area (Å²) in [5.41, 5.74) is 6.40. The van der Waals surface area contributed by atoms with Crippen molar-refractivity contribution in [2.45, 2.75) is 37.7 Å². The van der Waals surface area contributed by atoms with Crippen LogP contribution in [0.2, 0.25) is 0 Å². The maximum absolute atomic E-state index is 11.9. The van der Waals surface area contributed by atoms with Gasteiger partial charge in [-0.05, 0) is 24.9 Å². The molecule has 3 N–H and O–H groups in total. The number of phosphoric acid groups is 1. The van der Waals surface area contributed by atoms with Crippen molar-refractivity contribution in [2.24, 2.45) is 11.7 Å². The first kappa shape index (κ1) is 22.9. The second-order valence-electron chi connectivity index (χ2n) is 6.53. The van der Waals surface area contributed by atoms with Gasteiger partial charge >= 0.3 is 14.0 Å². The Labute approximate surface area is 165 Å². The minimum Gasteiger partial charge on any atom is -0.431 e. The van der Waals surface area contributed by atoms with Gasteiger partial charge in [0.15, 0.2) is 0 Å². The van der Waals surface area contributed by atoms with Crippen LogP contribution in [-0.4, -0.2) is 57.4 Å². The Kier molecular flexibility index (Phi) is 8.94. The van der Waals surface area contributed by atoms with Crippen molar-refractivity contribution in [1.82, 2.24) is 0 Å². The van der Waals surface area contributed by atoms with E-state index < -0.39 is 26.2 Å².